The summed E-state index contributed by atoms with van der Waals surface area (Å²) in [6.07, 6.45) is 0.882. The summed E-state index contributed by atoms with van der Waals surface area (Å²) >= 11 is 0. The van der Waals surface area contributed by atoms with Gasteiger partial charge in [-0.3, -0.25) is 10.1 Å². The zero-order valence-corrected chi connectivity index (χ0v) is 13.9. The molecular weight excluding hydrogens is 270 g/mol. The Hall–Kier alpha value is -1.63. The zero-order chi connectivity index (χ0) is 16.2. The third-order valence-corrected chi connectivity index (χ3v) is 3.40. The van der Waals surface area contributed by atoms with Crippen molar-refractivity contribution in [1.29, 1.82) is 0 Å². The highest BCUT2D eigenvalue weighted by atomic mass is 16.6. The highest BCUT2D eigenvalue weighted by molar-refractivity contribution is 5.60. The first kappa shape index (κ1) is 17.4. The molecule has 21 heavy (non-hydrogen) atoms. The van der Waals surface area contributed by atoms with Gasteiger partial charge in [0.2, 0.25) is 5.82 Å². The maximum atomic E-state index is 11.3. The lowest BCUT2D eigenvalue weighted by Gasteiger charge is -2.26. The summed E-state index contributed by atoms with van der Waals surface area (Å²) < 4.78 is 1.72. The summed E-state index contributed by atoms with van der Waals surface area (Å²) in [6.45, 7) is 9.42. The number of rotatable bonds is 8. The summed E-state index contributed by atoms with van der Waals surface area (Å²) in [5.41, 5.74) is 0.552. The van der Waals surface area contributed by atoms with E-state index in [9.17, 15) is 10.1 Å². The third-order valence-electron chi connectivity index (χ3n) is 3.40. The predicted molar refractivity (Wildman–Crippen MR) is 84.7 cm³/mol. The van der Waals surface area contributed by atoms with Crippen LogP contribution in [0.5, 0.6) is 0 Å². The van der Waals surface area contributed by atoms with Gasteiger partial charge in [0.1, 0.15) is 5.69 Å². The van der Waals surface area contributed by atoms with Crippen molar-refractivity contribution in [1.82, 2.24) is 14.7 Å². The summed E-state index contributed by atoms with van der Waals surface area (Å²) in [6, 6.07) is 0.130. The minimum Gasteiger partial charge on any atom is -0.360 e. The Morgan fingerprint density at radius 3 is 2.48 bits per heavy atom. The fourth-order valence-electron chi connectivity index (χ4n) is 2.30. The van der Waals surface area contributed by atoms with E-state index in [-0.39, 0.29) is 16.7 Å². The lowest BCUT2D eigenvalue weighted by molar-refractivity contribution is -0.384. The molecule has 0 aliphatic heterocycles. The van der Waals surface area contributed by atoms with Crippen molar-refractivity contribution in [2.75, 3.05) is 26.0 Å². The van der Waals surface area contributed by atoms with Gasteiger partial charge >= 0.3 is 5.69 Å². The van der Waals surface area contributed by atoms with Crippen LogP contribution in [-0.4, -0.2) is 46.3 Å². The lowest BCUT2D eigenvalue weighted by atomic mass is 10.0. The van der Waals surface area contributed by atoms with Gasteiger partial charge in [-0.25, -0.2) is 4.68 Å². The number of anilines is 1. The van der Waals surface area contributed by atoms with Crippen molar-refractivity contribution < 1.29 is 4.92 Å². The Labute approximate surface area is 126 Å². The lowest BCUT2D eigenvalue weighted by Crippen LogP contribution is -2.37. The number of nitrogens with zero attached hydrogens (tertiary/aromatic N) is 4. The number of likely N-dealkylation sites (N-methyl/N-ethyl adjacent to an activating group) is 1. The summed E-state index contributed by atoms with van der Waals surface area (Å²) in [5, 5.41) is 19.0. The maximum Gasteiger partial charge on any atom is 0.333 e. The Balaban J connectivity index is 3.16. The molecule has 1 N–H and O–H groups in total. The van der Waals surface area contributed by atoms with Crippen LogP contribution < -0.4 is 5.32 Å². The van der Waals surface area contributed by atoms with Crippen LogP contribution in [0.4, 0.5) is 11.5 Å². The molecular formula is C14H27N5O2. The molecule has 0 fully saturated rings. The summed E-state index contributed by atoms with van der Waals surface area (Å²) in [7, 11) is 4.00. The zero-order valence-electron chi connectivity index (χ0n) is 13.9. The van der Waals surface area contributed by atoms with E-state index < -0.39 is 0 Å². The van der Waals surface area contributed by atoms with Crippen LogP contribution in [-0.2, 0) is 6.54 Å². The molecule has 1 aromatic heterocycles. The molecule has 1 unspecified atom stereocenters. The fraction of sp³-hybridized carbons (Fsp3) is 0.786. The van der Waals surface area contributed by atoms with Crippen LogP contribution in [0.2, 0.25) is 0 Å². The second-order valence-corrected chi connectivity index (χ2v) is 6.02. The maximum absolute atomic E-state index is 11.3. The molecule has 7 nitrogen and oxygen atoms in total. The molecule has 120 valence electrons. The number of nitro groups is 1. The third kappa shape index (κ3) is 4.42. The van der Waals surface area contributed by atoms with E-state index >= 15 is 0 Å². The Morgan fingerprint density at radius 1 is 1.43 bits per heavy atom. The summed E-state index contributed by atoms with van der Waals surface area (Å²) in [4.78, 5) is 13.1. The van der Waals surface area contributed by atoms with Crippen molar-refractivity contribution in [2.24, 2.45) is 5.92 Å². The largest absolute Gasteiger partial charge is 0.360 e. The minimum absolute atomic E-state index is 0.0906. The number of hydrogen-bond acceptors (Lipinski definition) is 5. The van der Waals surface area contributed by atoms with Crippen LogP contribution >= 0.6 is 0 Å². The fourth-order valence-corrected chi connectivity index (χ4v) is 2.30. The van der Waals surface area contributed by atoms with Crippen molar-refractivity contribution >= 4 is 11.5 Å². The molecule has 0 saturated carbocycles. The SMILES string of the molecule is CCCn1nc(C)c([N+](=O)[O-])c1NC(CN(C)C)C(C)C. The Morgan fingerprint density at radius 2 is 2.05 bits per heavy atom. The molecule has 0 bridgehead atoms. The van der Waals surface area contributed by atoms with Gasteiger partial charge in [-0.15, -0.1) is 0 Å². The van der Waals surface area contributed by atoms with E-state index in [1.165, 1.54) is 0 Å². The minimum atomic E-state index is -0.343. The number of hydrogen-bond donors (Lipinski definition) is 1. The van der Waals surface area contributed by atoms with E-state index in [0.717, 1.165) is 13.0 Å². The van der Waals surface area contributed by atoms with Gasteiger partial charge in [-0.1, -0.05) is 20.8 Å². The average Bonchev–Trinajstić information content (AvgIpc) is 2.64. The Kier molecular flexibility index (Phi) is 6.14. The molecule has 1 rings (SSSR count). The predicted octanol–water partition coefficient (Wildman–Crippen LogP) is 2.51. The molecule has 0 aliphatic rings. The first-order valence-corrected chi connectivity index (χ1v) is 7.40. The van der Waals surface area contributed by atoms with Crippen LogP contribution in [0, 0.1) is 23.0 Å². The first-order valence-electron chi connectivity index (χ1n) is 7.40. The normalized spacial score (nSPS) is 13.0. The van der Waals surface area contributed by atoms with Gasteiger partial charge in [0.05, 0.1) is 4.92 Å². The highest BCUT2D eigenvalue weighted by Crippen LogP contribution is 2.29. The molecule has 0 radical (unpaired) electrons. The van der Waals surface area contributed by atoms with E-state index in [0.29, 0.717) is 24.0 Å². The smallest absolute Gasteiger partial charge is 0.333 e. The van der Waals surface area contributed by atoms with Gasteiger partial charge < -0.3 is 10.2 Å². The van der Waals surface area contributed by atoms with Crippen molar-refractivity contribution in [3.8, 4) is 0 Å². The molecule has 0 spiro atoms. The second kappa shape index (κ2) is 7.40. The molecule has 0 saturated heterocycles. The van der Waals surface area contributed by atoms with E-state index in [4.69, 9.17) is 0 Å². The highest BCUT2D eigenvalue weighted by Gasteiger charge is 2.28. The molecule has 1 atom stereocenters. The standard InChI is InChI=1S/C14H27N5O2/c1-7-8-18-14(13(19(20)21)11(4)16-18)15-12(10(2)3)9-17(5)6/h10,12,15H,7-9H2,1-6H3. The number of aromatic nitrogens is 2. The topological polar surface area (TPSA) is 76.2 Å². The number of aryl methyl sites for hydroxylation is 2. The molecule has 0 amide bonds. The molecule has 1 aromatic rings. The van der Waals surface area contributed by atoms with Crippen LogP contribution in [0.25, 0.3) is 0 Å². The van der Waals surface area contributed by atoms with Crippen molar-refractivity contribution in [3.63, 3.8) is 0 Å². The van der Waals surface area contributed by atoms with Crippen molar-refractivity contribution in [3.05, 3.63) is 15.8 Å². The van der Waals surface area contributed by atoms with Crippen LogP contribution in [0.3, 0.4) is 0 Å². The van der Waals surface area contributed by atoms with Crippen LogP contribution in [0.15, 0.2) is 0 Å². The van der Waals surface area contributed by atoms with E-state index in [2.05, 4.69) is 29.2 Å². The molecule has 0 aliphatic carbocycles. The monoisotopic (exact) mass is 297 g/mol. The molecule has 0 aromatic carbocycles. The van der Waals surface area contributed by atoms with Gasteiger partial charge in [0.25, 0.3) is 0 Å². The van der Waals surface area contributed by atoms with Gasteiger partial charge in [0, 0.05) is 19.1 Å². The average molecular weight is 297 g/mol. The van der Waals surface area contributed by atoms with E-state index in [1.54, 1.807) is 11.6 Å². The molecule has 7 heteroatoms. The number of nitrogens with one attached hydrogen (secondary N) is 1. The van der Waals surface area contributed by atoms with E-state index in [1.807, 2.05) is 21.0 Å². The Bertz CT molecular complexity index is 482. The van der Waals surface area contributed by atoms with Gasteiger partial charge in [-0.05, 0) is 33.4 Å². The van der Waals surface area contributed by atoms with Crippen LogP contribution in [0.1, 0.15) is 32.9 Å². The molecule has 1 heterocycles. The second-order valence-electron chi connectivity index (χ2n) is 6.02. The van der Waals surface area contributed by atoms with Gasteiger partial charge in [0.15, 0.2) is 0 Å². The summed E-state index contributed by atoms with van der Waals surface area (Å²) in [5.74, 6) is 0.886. The quantitative estimate of drug-likeness (QED) is 0.589. The van der Waals surface area contributed by atoms with Gasteiger partial charge in [-0.2, -0.15) is 5.10 Å². The van der Waals surface area contributed by atoms with Crippen molar-refractivity contribution in [2.45, 2.75) is 46.7 Å². The first-order chi connectivity index (χ1) is 9.77.